The van der Waals surface area contributed by atoms with Crippen molar-refractivity contribution in [2.45, 2.75) is 20.1 Å². The van der Waals surface area contributed by atoms with Gasteiger partial charge >= 0.3 is 0 Å². The molecule has 0 saturated heterocycles. The van der Waals surface area contributed by atoms with E-state index in [2.05, 4.69) is 4.18 Å². The summed E-state index contributed by atoms with van der Waals surface area (Å²) in [6, 6.07) is 3.13. The van der Waals surface area contributed by atoms with Crippen molar-refractivity contribution in [2.75, 3.05) is 0 Å². The van der Waals surface area contributed by atoms with Gasteiger partial charge in [0.25, 0.3) is 0 Å². The minimum absolute atomic E-state index is 0.0809. The molecule has 1 aromatic carbocycles. The zero-order chi connectivity index (χ0) is 11.4. The fourth-order valence-corrected chi connectivity index (χ4v) is 1.64. The van der Waals surface area contributed by atoms with Gasteiger partial charge in [0, 0.05) is 5.56 Å². The Morgan fingerprint density at radius 3 is 2.33 bits per heavy atom. The quantitative estimate of drug-likeness (QED) is 0.720. The van der Waals surface area contributed by atoms with Crippen LogP contribution >= 0.6 is 0 Å². The molecule has 2 N–H and O–H groups in total. The van der Waals surface area contributed by atoms with Crippen molar-refractivity contribution in [3.63, 3.8) is 0 Å². The van der Waals surface area contributed by atoms with Crippen molar-refractivity contribution in [2.24, 2.45) is 0 Å². The second-order valence-corrected chi connectivity index (χ2v) is 3.52. The van der Waals surface area contributed by atoms with Gasteiger partial charge in [0.2, 0.25) is 0 Å². The van der Waals surface area contributed by atoms with Gasteiger partial charge in [-0.3, -0.25) is 0 Å². The summed E-state index contributed by atoms with van der Waals surface area (Å²) >= 11 is -2.69. The zero-order valence-electron chi connectivity index (χ0n) is 8.10. The van der Waals surface area contributed by atoms with Crippen LogP contribution in [0.4, 0.5) is 0 Å². The van der Waals surface area contributed by atoms with E-state index in [1.54, 1.807) is 13.0 Å². The van der Waals surface area contributed by atoms with Crippen LogP contribution < -0.4 is 4.18 Å². The molecule has 0 heterocycles. The molecule has 0 spiro atoms. The van der Waals surface area contributed by atoms with Gasteiger partial charge in [-0.1, -0.05) is 12.1 Å². The minimum Gasteiger partial charge on any atom is -0.740 e. The molecule has 0 fully saturated rings. The fraction of sp³-hybridized carbons (Fsp3) is 0.333. The van der Waals surface area contributed by atoms with Gasteiger partial charge in [-0.05, 0) is 18.1 Å². The van der Waals surface area contributed by atoms with Crippen molar-refractivity contribution in [1.82, 2.24) is 0 Å². The monoisotopic (exact) mass is 231 g/mol. The maximum Gasteiger partial charge on any atom is 0.147 e. The Morgan fingerprint density at radius 1 is 1.33 bits per heavy atom. The first-order valence-corrected chi connectivity index (χ1v) is 5.20. The molecular formula is C9H11O5S-. The van der Waals surface area contributed by atoms with E-state index in [0.29, 0.717) is 16.7 Å². The number of rotatable bonds is 4. The van der Waals surface area contributed by atoms with Gasteiger partial charge in [0.15, 0.2) is 0 Å². The smallest absolute Gasteiger partial charge is 0.147 e. The zero-order valence-corrected chi connectivity index (χ0v) is 8.91. The molecule has 84 valence electrons. The summed E-state index contributed by atoms with van der Waals surface area (Å²) in [5.41, 5.74) is 1.44. The summed E-state index contributed by atoms with van der Waals surface area (Å²) < 4.78 is 25.4. The van der Waals surface area contributed by atoms with Gasteiger partial charge in [-0.15, -0.1) is 0 Å². The molecular weight excluding hydrogens is 220 g/mol. The molecule has 1 rings (SSSR count). The summed E-state index contributed by atoms with van der Waals surface area (Å²) in [4.78, 5) is 0. The molecule has 1 atom stereocenters. The molecule has 1 aromatic rings. The van der Waals surface area contributed by atoms with Crippen LogP contribution in [0.2, 0.25) is 0 Å². The Balaban J connectivity index is 3.22. The molecule has 6 heteroatoms. The second kappa shape index (κ2) is 5.22. The number of aliphatic hydroxyl groups excluding tert-OH is 2. The first-order valence-electron chi connectivity index (χ1n) is 4.20. The molecule has 0 amide bonds. The van der Waals surface area contributed by atoms with Crippen LogP contribution in [0.15, 0.2) is 12.1 Å². The van der Waals surface area contributed by atoms with E-state index >= 15 is 0 Å². The lowest BCUT2D eigenvalue weighted by atomic mass is 10.0. The van der Waals surface area contributed by atoms with Crippen LogP contribution in [0.3, 0.4) is 0 Å². The summed E-state index contributed by atoms with van der Waals surface area (Å²) in [6.45, 7) is 1.09. The Morgan fingerprint density at radius 2 is 1.87 bits per heavy atom. The first-order chi connectivity index (χ1) is 7.10. The van der Waals surface area contributed by atoms with Crippen molar-refractivity contribution < 1.29 is 23.2 Å². The highest BCUT2D eigenvalue weighted by Crippen LogP contribution is 2.27. The number of aliphatic hydroxyl groups is 2. The fourth-order valence-electron chi connectivity index (χ4n) is 1.27. The second-order valence-electron chi connectivity index (χ2n) is 2.94. The molecule has 0 aliphatic rings. The van der Waals surface area contributed by atoms with Gasteiger partial charge in [0.05, 0.1) is 13.2 Å². The van der Waals surface area contributed by atoms with Crippen molar-refractivity contribution in [3.05, 3.63) is 28.8 Å². The Bertz CT molecular complexity index is 377. The normalized spacial score (nSPS) is 12.5. The van der Waals surface area contributed by atoms with E-state index in [1.807, 2.05) is 0 Å². The predicted molar refractivity (Wildman–Crippen MR) is 52.6 cm³/mol. The van der Waals surface area contributed by atoms with Crippen LogP contribution in [0, 0.1) is 6.92 Å². The molecule has 0 radical (unpaired) electrons. The Hall–Kier alpha value is -0.950. The Kier molecular flexibility index (Phi) is 4.22. The van der Waals surface area contributed by atoms with E-state index < -0.39 is 11.4 Å². The molecule has 0 aliphatic carbocycles. The topological polar surface area (TPSA) is 89.8 Å². The van der Waals surface area contributed by atoms with Crippen LogP contribution in [0.1, 0.15) is 16.7 Å². The molecule has 0 aliphatic heterocycles. The lowest BCUT2D eigenvalue weighted by molar-refractivity contribution is 0.273. The number of hydrogen-bond acceptors (Lipinski definition) is 5. The standard InChI is InChI=1S/C9H12O5S/c1-6-7(4-10)2-3-8(5-11)9(6)14-15(12)13/h2-3,10-11H,4-5H2,1H3,(H,12,13)/p-1. The lowest BCUT2D eigenvalue weighted by Gasteiger charge is -2.15. The highest BCUT2D eigenvalue weighted by atomic mass is 32.2. The molecule has 0 aromatic heterocycles. The first kappa shape index (κ1) is 12.1. The predicted octanol–water partition coefficient (Wildman–Crippen LogP) is 0.153. The van der Waals surface area contributed by atoms with E-state index in [0.717, 1.165) is 0 Å². The highest BCUT2D eigenvalue weighted by Gasteiger charge is 2.10. The minimum atomic E-state index is -2.69. The number of benzene rings is 1. The summed E-state index contributed by atoms with van der Waals surface area (Å²) in [5.74, 6) is 0.0809. The number of hydrogen-bond donors (Lipinski definition) is 2. The summed E-state index contributed by atoms with van der Waals surface area (Å²) in [7, 11) is 0. The third-order valence-electron chi connectivity index (χ3n) is 2.09. The average Bonchev–Trinajstić information content (AvgIpc) is 2.20. The van der Waals surface area contributed by atoms with Gasteiger partial charge < -0.3 is 18.9 Å². The van der Waals surface area contributed by atoms with Crippen LogP contribution in [-0.2, 0) is 24.6 Å². The molecule has 15 heavy (non-hydrogen) atoms. The van der Waals surface area contributed by atoms with Gasteiger partial charge in [-0.2, -0.15) is 0 Å². The van der Waals surface area contributed by atoms with Crippen molar-refractivity contribution >= 4 is 11.4 Å². The van der Waals surface area contributed by atoms with E-state index in [4.69, 9.17) is 10.2 Å². The largest absolute Gasteiger partial charge is 0.740 e. The van der Waals surface area contributed by atoms with E-state index in [1.165, 1.54) is 6.07 Å². The van der Waals surface area contributed by atoms with E-state index in [9.17, 15) is 8.76 Å². The summed E-state index contributed by atoms with van der Waals surface area (Å²) in [6.07, 6.45) is 0. The SMILES string of the molecule is Cc1c(CO)ccc(CO)c1OS(=O)[O-]. The lowest BCUT2D eigenvalue weighted by Crippen LogP contribution is -2.05. The molecule has 1 unspecified atom stereocenters. The van der Waals surface area contributed by atoms with Crippen molar-refractivity contribution in [1.29, 1.82) is 0 Å². The third-order valence-corrected chi connectivity index (χ3v) is 2.39. The van der Waals surface area contributed by atoms with Gasteiger partial charge in [0.1, 0.15) is 17.1 Å². The molecule has 0 bridgehead atoms. The Labute approximate surface area is 89.8 Å². The van der Waals surface area contributed by atoms with Crippen LogP contribution in [-0.4, -0.2) is 19.0 Å². The average molecular weight is 231 g/mol. The maximum atomic E-state index is 10.4. The van der Waals surface area contributed by atoms with E-state index in [-0.39, 0.29) is 19.0 Å². The molecule has 5 nitrogen and oxygen atoms in total. The van der Waals surface area contributed by atoms with Gasteiger partial charge in [-0.25, -0.2) is 4.21 Å². The highest BCUT2D eigenvalue weighted by molar-refractivity contribution is 7.74. The third kappa shape index (κ3) is 2.75. The van der Waals surface area contributed by atoms with Crippen LogP contribution in [0.5, 0.6) is 5.75 Å². The summed E-state index contributed by atoms with van der Waals surface area (Å²) in [5, 5.41) is 17.9. The maximum absolute atomic E-state index is 10.4. The van der Waals surface area contributed by atoms with Crippen LogP contribution in [0.25, 0.3) is 0 Å². The molecule has 0 saturated carbocycles. The van der Waals surface area contributed by atoms with Crippen molar-refractivity contribution in [3.8, 4) is 5.75 Å².